The maximum absolute atomic E-state index is 13.4. The van der Waals surface area contributed by atoms with Crippen LogP contribution in [0, 0.1) is 12.7 Å². The van der Waals surface area contributed by atoms with Gasteiger partial charge in [-0.2, -0.15) is 4.80 Å². The van der Waals surface area contributed by atoms with E-state index in [-0.39, 0.29) is 36.8 Å². The van der Waals surface area contributed by atoms with E-state index in [4.69, 9.17) is 0 Å². The zero-order valence-corrected chi connectivity index (χ0v) is 19.4. The van der Waals surface area contributed by atoms with Crippen molar-refractivity contribution in [3.63, 3.8) is 0 Å². The van der Waals surface area contributed by atoms with Crippen LogP contribution in [-0.2, 0) is 22.7 Å². The molecule has 178 valence electrons. The summed E-state index contributed by atoms with van der Waals surface area (Å²) in [6.07, 6.45) is 4.10. The molecular weight excluding hydrogens is 435 g/mol. The average molecular weight is 465 g/mol. The number of tetrazole rings is 1. The second-order valence-electron chi connectivity index (χ2n) is 8.82. The Hall–Kier alpha value is -3.62. The van der Waals surface area contributed by atoms with E-state index in [0.29, 0.717) is 5.82 Å². The lowest BCUT2D eigenvalue weighted by Crippen LogP contribution is -2.50. The molecule has 1 aliphatic carbocycles. The van der Waals surface area contributed by atoms with Gasteiger partial charge in [-0.15, -0.1) is 10.2 Å². The van der Waals surface area contributed by atoms with Gasteiger partial charge in [0.25, 0.3) is 0 Å². The highest BCUT2D eigenvalue weighted by Crippen LogP contribution is 2.19. The zero-order chi connectivity index (χ0) is 24.1. The molecule has 9 heteroatoms. The Labute approximate surface area is 198 Å². The molecule has 0 spiro atoms. The van der Waals surface area contributed by atoms with Crippen molar-refractivity contribution in [2.75, 3.05) is 0 Å². The number of rotatable bonds is 8. The number of aryl methyl sites for hydroxylation is 1. The van der Waals surface area contributed by atoms with Crippen LogP contribution < -0.4 is 5.32 Å². The van der Waals surface area contributed by atoms with Crippen molar-refractivity contribution in [1.29, 1.82) is 0 Å². The molecule has 1 atom stereocenters. The Morgan fingerprint density at radius 2 is 1.79 bits per heavy atom. The Morgan fingerprint density at radius 1 is 1.12 bits per heavy atom. The third kappa shape index (κ3) is 5.84. The molecule has 1 unspecified atom stereocenters. The standard InChI is InChI=1S/C25H29FN6O2/c1-17-7-11-20(12-8-17)24-28-30-32(29-24)16-23(33)31(15-19-9-13-21(26)14-10-19)18(2)25(34)27-22-5-3-4-6-22/h7-14,18,22H,3-6,15-16H2,1-2H3,(H,27,34). The molecule has 1 saturated carbocycles. The highest BCUT2D eigenvalue weighted by Gasteiger charge is 2.29. The minimum atomic E-state index is -0.710. The predicted molar refractivity (Wildman–Crippen MR) is 125 cm³/mol. The van der Waals surface area contributed by atoms with Gasteiger partial charge in [0.05, 0.1) is 0 Å². The molecule has 1 aliphatic rings. The Morgan fingerprint density at radius 3 is 2.47 bits per heavy atom. The van der Waals surface area contributed by atoms with E-state index in [0.717, 1.165) is 42.4 Å². The minimum Gasteiger partial charge on any atom is -0.352 e. The monoisotopic (exact) mass is 464 g/mol. The van der Waals surface area contributed by atoms with E-state index in [1.807, 2.05) is 31.2 Å². The van der Waals surface area contributed by atoms with Gasteiger partial charge in [0, 0.05) is 18.2 Å². The maximum atomic E-state index is 13.4. The molecule has 2 aromatic carbocycles. The smallest absolute Gasteiger partial charge is 0.247 e. The lowest BCUT2D eigenvalue weighted by Gasteiger charge is -2.29. The van der Waals surface area contributed by atoms with E-state index in [2.05, 4.69) is 20.7 Å². The van der Waals surface area contributed by atoms with Crippen LogP contribution in [0.25, 0.3) is 11.4 Å². The maximum Gasteiger partial charge on any atom is 0.247 e. The van der Waals surface area contributed by atoms with Gasteiger partial charge in [0.1, 0.15) is 18.4 Å². The number of hydrogen-bond acceptors (Lipinski definition) is 5. The first-order valence-electron chi connectivity index (χ1n) is 11.6. The van der Waals surface area contributed by atoms with Crippen molar-refractivity contribution >= 4 is 11.8 Å². The fourth-order valence-electron chi connectivity index (χ4n) is 4.10. The van der Waals surface area contributed by atoms with Crippen LogP contribution in [0.3, 0.4) is 0 Å². The molecule has 1 fully saturated rings. The SMILES string of the molecule is Cc1ccc(-c2nnn(CC(=O)N(Cc3ccc(F)cc3)C(C)C(=O)NC3CCCC3)n2)cc1. The summed E-state index contributed by atoms with van der Waals surface area (Å²) in [6.45, 7) is 3.70. The van der Waals surface area contributed by atoms with Crippen LogP contribution in [0.2, 0.25) is 0 Å². The van der Waals surface area contributed by atoms with E-state index in [1.54, 1.807) is 19.1 Å². The van der Waals surface area contributed by atoms with Crippen LogP contribution in [0.4, 0.5) is 4.39 Å². The van der Waals surface area contributed by atoms with Crippen LogP contribution >= 0.6 is 0 Å². The summed E-state index contributed by atoms with van der Waals surface area (Å²) in [5.74, 6) is -0.463. The molecule has 0 radical (unpaired) electrons. The fraction of sp³-hybridized carbons (Fsp3) is 0.400. The molecule has 0 aliphatic heterocycles. The quantitative estimate of drug-likeness (QED) is 0.552. The second-order valence-corrected chi connectivity index (χ2v) is 8.82. The van der Waals surface area contributed by atoms with Gasteiger partial charge in [-0.25, -0.2) is 4.39 Å². The third-order valence-electron chi connectivity index (χ3n) is 6.17. The lowest BCUT2D eigenvalue weighted by molar-refractivity contribution is -0.141. The number of nitrogens with one attached hydrogen (secondary N) is 1. The molecule has 3 aromatic rings. The molecule has 1 heterocycles. The Bertz CT molecular complexity index is 1120. The first kappa shape index (κ1) is 23.5. The number of hydrogen-bond donors (Lipinski definition) is 1. The first-order chi connectivity index (χ1) is 16.4. The number of halogens is 1. The normalized spacial score (nSPS) is 14.7. The van der Waals surface area contributed by atoms with Gasteiger partial charge in [-0.1, -0.05) is 54.8 Å². The number of benzene rings is 2. The van der Waals surface area contributed by atoms with Crippen LogP contribution in [0.5, 0.6) is 0 Å². The van der Waals surface area contributed by atoms with Crippen molar-refractivity contribution in [1.82, 2.24) is 30.4 Å². The summed E-state index contributed by atoms with van der Waals surface area (Å²) in [4.78, 5) is 29.0. The van der Waals surface area contributed by atoms with E-state index in [1.165, 1.54) is 21.8 Å². The van der Waals surface area contributed by atoms with Gasteiger partial charge in [0.2, 0.25) is 17.6 Å². The highest BCUT2D eigenvalue weighted by atomic mass is 19.1. The number of carbonyl (C=O) groups excluding carboxylic acids is 2. The minimum absolute atomic E-state index is 0.145. The third-order valence-corrected chi connectivity index (χ3v) is 6.17. The lowest BCUT2D eigenvalue weighted by atomic mass is 10.1. The molecule has 0 saturated heterocycles. The summed E-state index contributed by atoms with van der Waals surface area (Å²) in [5.41, 5.74) is 2.64. The van der Waals surface area contributed by atoms with Crippen molar-refractivity contribution < 1.29 is 14.0 Å². The zero-order valence-electron chi connectivity index (χ0n) is 19.4. The number of nitrogens with zero attached hydrogens (tertiary/aromatic N) is 5. The molecule has 0 bridgehead atoms. The van der Waals surface area contributed by atoms with E-state index in [9.17, 15) is 14.0 Å². The van der Waals surface area contributed by atoms with Gasteiger partial charge in [-0.05, 0) is 49.6 Å². The molecule has 1 N–H and O–H groups in total. The molecule has 4 rings (SSSR count). The van der Waals surface area contributed by atoms with E-state index < -0.39 is 6.04 Å². The summed E-state index contributed by atoms with van der Waals surface area (Å²) in [7, 11) is 0. The molecule has 2 amide bonds. The van der Waals surface area contributed by atoms with Crippen LogP contribution in [0.15, 0.2) is 48.5 Å². The average Bonchev–Trinajstić information content (AvgIpc) is 3.51. The van der Waals surface area contributed by atoms with Crippen molar-refractivity contribution in [3.8, 4) is 11.4 Å². The summed E-state index contributed by atoms with van der Waals surface area (Å²) >= 11 is 0. The Balaban J connectivity index is 1.50. The van der Waals surface area contributed by atoms with E-state index >= 15 is 0 Å². The number of carbonyl (C=O) groups is 2. The topological polar surface area (TPSA) is 93.0 Å². The first-order valence-corrected chi connectivity index (χ1v) is 11.6. The predicted octanol–water partition coefficient (Wildman–Crippen LogP) is 3.26. The van der Waals surface area contributed by atoms with Gasteiger partial charge in [-0.3, -0.25) is 9.59 Å². The van der Waals surface area contributed by atoms with Gasteiger partial charge in [0.15, 0.2) is 0 Å². The van der Waals surface area contributed by atoms with Crippen molar-refractivity contribution in [2.45, 2.75) is 64.7 Å². The van der Waals surface area contributed by atoms with Crippen LogP contribution in [-0.4, -0.2) is 49.0 Å². The van der Waals surface area contributed by atoms with Crippen molar-refractivity contribution in [2.24, 2.45) is 0 Å². The molecular formula is C25H29FN6O2. The second kappa shape index (κ2) is 10.5. The number of aromatic nitrogens is 4. The molecule has 1 aromatic heterocycles. The van der Waals surface area contributed by atoms with Crippen LogP contribution in [0.1, 0.15) is 43.7 Å². The highest BCUT2D eigenvalue weighted by molar-refractivity contribution is 5.87. The van der Waals surface area contributed by atoms with Crippen molar-refractivity contribution in [3.05, 3.63) is 65.5 Å². The van der Waals surface area contributed by atoms with Gasteiger partial charge < -0.3 is 10.2 Å². The summed E-state index contributed by atoms with van der Waals surface area (Å²) < 4.78 is 13.4. The molecule has 34 heavy (non-hydrogen) atoms. The van der Waals surface area contributed by atoms with Gasteiger partial charge >= 0.3 is 0 Å². The summed E-state index contributed by atoms with van der Waals surface area (Å²) in [6, 6.07) is 13.0. The Kier molecular flexibility index (Phi) is 7.30. The fourth-order valence-corrected chi connectivity index (χ4v) is 4.10. The largest absolute Gasteiger partial charge is 0.352 e. The molecule has 8 nitrogen and oxygen atoms in total. The summed E-state index contributed by atoms with van der Waals surface area (Å²) in [5, 5.41) is 15.5. The number of amides is 2.